The van der Waals surface area contributed by atoms with Gasteiger partial charge in [0, 0.05) is 12.7 Å². The molecular formula is C19H23N5O3. The third kappa shape index (κ3) is 4.35. The molecule has 3 N–H and O–H groups in total. The van der Waals surface area contributed by atoms with Gasteiger partial charge in [0.15, 0.2) is 0 Å². The second kappa shape index (κ2) is 8.50. The van der Waals surface area contributed by atoms with Gasteiger partial charge in [0.25, 0.3) is 0 Å². The Kier molecular flexibility index (Phi) is 5.87. The highest BCUT2D eigenvalue weighted by molar-refractivity contribution is 5.93. The number of nitrogens with one attached hydrogen (secondary N) is 3. The van der Waals surface area contributed by atoms with E-state index in [4.69, 9.17) is 9.47 Å². The molecule has 1 unspecified atom stereocenters. The monoisotopic (exact) mass is 369 g/mol. The molecule has 0 aliphatic carbocycles. The third-order valence-electron chi connectivity index (χ3n) is 4.11. The molecule has 27 heavy (non-hydrogen) atoms. The van der Waals surface area contributed by atoms with Crippen LogP contribution in [0.15, 0.2) is 36.4 Å². The van der Waals surface area contributed by atoms with Crippen molar-refractivity contribution in [3.63, 3.8) is 0 Å². The fraction of sp³-hybridized carbons (Fsp3) is 0.316. The van der Waals surface area contributed by atoms with Crippen LogP contribution in [-0.2, 0) is 11.3 Å². The Labute approximate surface area is 157 Å². The number of aromatic nitrogens is 3. The first-order chi connectivity index (χ1) is 13.1. The lowest BCUT2D eigenvalue weighted by molar-refractivity contribution is 0.132. The largest absolute Gasteiger partial charge is 0.479 e. The topological polar surface area (TPSA) is 101 Å². The van der Waals surface area contributed by atoms with Crippen molar-refractivity contribution < 1.29 is 14.3 Å². The molecule has 0 saturated heterocycles. The normalized spacial score (nSPS) is 12.0. The number of fused-ring (bicyclic) bond motifs is 1. The Morgan fingerprint density at radius 1 is 1.30 bits per heavy atom. The number of carbonyl (C=O) groups excluding carboxylic acids is 1. The van der Waals surface area contributed by atoms with Gasteiger partial charge in [-0.3, -0.25) is 10.4 Å². The third-order valence-corrected chi connectivity index (χ3v) is 4.11. The number of pyridine rings is 1. The van der Waals surface area contributed by atoms with Crippen LogP contribution in [0, 0.1) is 0 Å². The highest BCUT2D eigenvalue weighted by atomic mass is 16.5. The van der Waals surface area contributed by atoms with Crippen LogP contribution in [0.2, 0.25) is 0 Å². The number of carbonyl (C=O) groups is 1. The van der Waals surface area contributed by atoms with Crippen molar-refractivity contribution in [3.8, 4) is 5.88 Å². The van der Waals surface area contributed by atoms with E-state index < -0.39 is 0 Å². The zero-order valence-electron chi connectivity index (χ0n) is 15.6. The van der Waals surface area contributed by atoms with E-state index in [-0.39, 0.29) is 12.1 Å². The molecule has 2 amide bonds. The zero-order valence-corrected chi connectivity index (χ0v) is 15.6. The minimum absolute atomic E-state index is 0.134. The number of methoxy groups -OCH3 is 1. The molecule has 0 bridgehead atoms. The van der Waals surface area contributed by atoms with E-state index in [1.807, 2.05) is 44.2 Å². The summed E-state index contributed by atoms with van der Waals surface area (Å²) in [4.78, 5) is 16.9. The Balaban J connectivity index is 1.78. The number of H-pyrrole nitrogens is 1. The zero-order chi connectivity index (χ0) is 19.2. The van der Waals surface area contributed by atoms with Gasteiger partial charge in [-0.15, -0.1) is 5.10 Å². The second-order valence-electron chi connectivity index (χ2n) is 5.98. The standard InChI is InChI=1S/C19H23N5O3/c1-4-27-11-15-17-14(23-24-18(17)26-3)10-16(21-15)22-19(25)20-12(2)13-8-6-5-7-9-13/h5-10,12H,4,11H2,1-3H3,(H,23,24)(H2,20,21,22,25). The number of hydrogen-bond donors (Lipinski definition) is 3. The van der Waals surface area contributed by atoms with E-state index in [1.165, 1.54) is 0 Å². The van der Waals surface area contributed by atoms with Crippen LogP contribution in [0.1, 0.15) is 31.1 Å². The smallest absolute Gasteiger partial charge is 0.320 e. The van der Waals surface area contributed by atoms with Crippen molar-refractivity contribution >= 4 is 22.8 Å². The first kappa shape index (κ1) is 18.7. The molecule has 8 heteroatoms. The van der Waals surface area contributed by atoms with Gasteiger partial charge in [-0.05, 0) is 19.4 Å². The van der Waals surface area contributed by atoms with Crippen LogP contribution in [0.4, 0.5) is 10.6 Å². The molecular weight excluding hydrogens is 346 g/mol. The Hall–Kier alpha value is -3.13. The first-order valence-corrected chi connectivity index (χ1v) is 8.74. The van der Waals surface area contributed by atoms with E-state index in [2.05, 4.69) is 25.8 Å². The summed E-state index contributed by atoms with van der Waals surface area (Å²) < 4.78 is 10.8. The van der Waals surface area contributed by atoms with Gasteiger partial charge in [-0.1, -0.05) is 30.3 Å². The Morgan fingerprint density at radius 3 is 2.78 bits per heavy atom. The van der Waals surface area contributed by atoms with Crippen LogP contribution in [0.3, 0.4) is 0 Å². The number of benzene rings is 1. The predicted molar refractivity (Wildman–Crippen MR) is 103 cm³/mol. The van der Waals surface area contributed by atoms with Crippen molar-refractivity contribution in [2.45, 2.75) is 26.5 Å². The molecule has 3 aromatic rings. The Morgan fingerprint density at radius 2 is 2.07 bits per heavy atom. The summed E-state index contributed by atoms with van der Waals surface area (Å²) >= 11 is 0. The molecule has 0 saturated carbocycles. The molecule has 3 rings (SSSR count). The molecule has 2 aromatic heterocycles. The van der Waals surface area contributed by atoms with E-state index >= 15 is 0 Å². The van der Waals surface area contributed by atoms with Gasteiger partial charge in [-0.2, -0.15) is 0 Å². The minimum atomic E-state index is -0.341. The van der Waals surface area contributed by atoms with Gasteiger partial charge in [0.1, 0.15) is 5.82 Å². The summed E-state index contributed by atoms with van der Waals surface area (Å²) in [5.74, 6) is 0.849. The minimum Gasteiger partial charge on any atom is -0.479 e. The summed E-state index contributed by atoms with van der Waals surface area (Å²) in [6.45, 7) is 4.67. The maximum Gasteiger partial charge on any atom is 0.320 e. The van der Waals surface area contributed by atoms with E-state index in [1.54, 1.807) is 13.2 Å². The summed E-state index contributed by atoms with van der Waals surface area (Å²) in [5.41, 5.74) is 2.38. The van der Waals surface area contributed by atoms with Crippen LogP contribution < -0.4 is 15.4 Å². The number of amides is 2. The summed E-state index contributed by atoms with van der Waals surface area (Å²) in [5, 5.41) is 13.4. The van der Waals surface area contributed by atoms with Crippen LogP contribution in [0.25, 0.3) is 10.9 Å². The van der Waals surface area contributed by atoms with Gasteiger partial charge < -0.3 is 14.8 Å². The van der Waals surface area contributed by atoms with Gasteiger partial charge in [-0.25, -0.2) is 9.78 Å². The molecule has 0 spiro atoms. The van der Waals surface area contributed by atoms with Gasteiger partial charge in [0.05, 0.1) is 36.4 Å². The van der Waals surface area contributed by atoms with Crippen molar-refractivity contribution in [3.05, 3.63) is 47.7 Å². The van der Waals surface area contributed by atoms with E-state index in [9.17, 15) is 4.79 Å². The SMILES string of the molecule is CCOCc1nc(NC(=O)NC(C)c2ccccc2)cc2[nH]nc(OC)c12. The van der Waals surface area contributed by atoms with Crippen LogP contribution in [-0.4, -0.2) is 34.9 Å². The number of ether oxygens (including phenoxy) is 2. The molecule has 1 atom stereocenters. The second-order valence-corrected chi connectivity index (χ2v) is 5.98. The Bertz CT molecular complexity index is 910. The highest BCUT2D eigenvalue weighted by Gasteiger charge is 2.16. The van der Waals surface area contributed by atoms with Gasteiger partial charge in [0.2, 0.25) is 5.88 Å². The molecule has 0 radical (unpaired) electrons. The maximum atomic E-state index is 12.4. The molecule has 0 fully saturated rings. The molecule has 1 aromatic carbocycles. The van der Waals surface area contributed by atoms with E-state index in [0.717, 1.165) is 10.9 Å². The molecule has 8 nitrogen and oxygen atoms in total. The first-order valence-electron chi connectivity index (χ1n) is 8.74. The average molecular weight is 369 g/mol. The van der Waals surface area contributed by atoms with Crippen LogP contribution in [0.5, 0.6) is 5.88 Å². The average Bonchev–Trinajstić information content (AvgIpc) is 3.09. The van der Waals surface area contributed by atoms with Crippen molar-refractivity contribution in [1.82, 2.24) is 20.5 Å². The summed E-state index contributed by atoms with van der Waals surface area (Å²) in [6, 6.07) is 11.0. The van der Waals surface area contributed by atoms with Crippen LogP contribution >= 0.6 is 0 Å². The number of anilines is 1. The predicted octanol–water partition coefficient (Wildman–Crippen LogP) is 3.39. The lowest BCUT2D eigenvalue weighted by Crippen LogP contribution is -2.31. The molecule has 0 aliphatic rings. The lowest BCUT2D eigenvalue weighted by Gasteiger charge is -2.15. The summed E-state index contributed by atoms with van der Waals surface area (Å²) in [7, 11) is 1.55. The number of aromatic amines is 1. The maximum absolute atomic E-state index is 12.4. The molecule has 0 aliphatic heterocycles. The number of hydrogen-bond acceptors (Lipinski definition) is 5. The number of nitrogens with zero attached hydrogens (tertiary/aromatic N) is 2. The fourth-order valence-electron chi connectivity index (χ4n) is 2.78. The van der Waals surface area contributed by atoms with E-state index in [0.29, 0.717) is 36.1 Å². The lowest BCUT2D eigenvalue weighted by atomic mass is 10.1. The summed E-state index contributed by atoms with van der Waals surface area (Å²) in [6.07, 6.45) is 0. The van der Waals surface area contributed by atoms with Gasteiger partial charge >= 0.3 is 6.03 Å². The number of urea groups is 1. The quantitative estimate of drug-likeness (QED) is 0.593. The molecule has 2 heterocycles. The highest BCUT2D eigenvalue weighted by Crippen LogP contribution is 2.28. The van der Waals surface area contributed by atoms with Crippen molar-refractivity contribution in [2.75, 3.05) is 19.0 Å². The fourth-order valence-corrected chi connectivity index (χ4v) is 2.78. The van der Waals surface area contributed by atoms with Crippen molar-refractivity contribution in [1.29, 1.82) is 0 Å². The van der Waals surface area contributed by atoms with Crippen molar-refractivity contribution in [2.24, 2.45) is 0 Å². The molecule has 142 valence electrons. The number of rotatable bonds is 7.